The van der Waals surface area contributed by atoms with E-state index in [0.717, 1.165) is 30.8 Å². The zero-order valence-corrected chi connectivity index (χ0v) is 14.7. The molecule has 0 aliphatic heterocycles. The molecule has 2 saturated carbocycles. The molecule has 3 aliphatic carbocycles. The van der Waals surface area contributed by atoms with Crippen molar-refractivity contribution in [2.45, 2.75) is 46.0 Å². The van der Waals surface area contributed by atoms with E-state index in [-0.39, 0.29) is 24.5 Å². The number of hydrogen-bond acceptors (Lipinski definition) is 3. The second-order valence-corrected chi connectivity index (χ2v) is 8.18. The number of allylic oxidation sites excluding steroid dienone is 2. The maximum atomic E-state index is 11.0. The molecule has 6 unspecified atom stereocenters. The van der Waals surface area contributed by atoms with Crippen LogP contribution in [0, 0.1) is 35.0 Å². The van der Waals surface area contributed by atoms with Crippen LogP contribution < -0.4 is 0 Å². The summed E-state index contributed by atoms with van der Waals surface area (Å²) >= 11 is 0. The molecule has 4 heteroatoms. The summed E-state index contributed by atoms with van der Waals surface area (Å²) in [6.45, 7) is 4.18. The molecule has 2 fully saturated rings. The number of carbonyl (C=O) groups is 1. The van der Waals surface area contributed by atoms with Gasteiger partial charge in [0, 0.05) is 17.6 Å². The molecule has 0 heterocycles. The lowest BCUT2D eigenvalue weighted by molar-refractivity contribution is -0.196. The van der Waals surface area contributed by atoms with E-state index >= 15 is 0 Å². The van der Waals surface area contributed by atoms with E-state index in [1.54, 1.807) is 13.0 Å². The normalized spacial score (nSPS) is 41.2. The molecule has 24 heavy (non-hydrogen) atoms. The lowest BCUT2D eigenvalue weighted by Crippen LogP contribution is -2.65. The van der Waals surface area contributed by atoms with E-state index in [4.69, 9.17) is 5.11 Å². The number of carboxylic acids is 1. The Morgan fingerprint density at radius 2 is 2.12 bits per heavy atom. The van der Waals surface area contributed by atoms with Crippen LogP contribution in [-0.2, 0) is 4.79 Å². The first-order valence-electron chi connectivity index (χ1n) is 9.27. The average Bonchev–Trinajstić information content (AvgIpc) is 2.57. The van der Waals surface area contributed by atoms with Crippen molar-refractivity contribution in [3.63, 3.8) is 0 Å². The highest BCUT2D eigenvalue weighted by Crippen LogP contribution is 2.69. The van der Waals surface area contributed by atoms with Gasteiger partial charge in [0.25, 0.3) is 0 Å². The number of carboxylic acid groups (broad SMARTS) is 1. The van der Waals surface area contributed by atoms with Crippen LogP contribution in [0.25, 0.3) is 0 Å². The molecule has 134 valence electrons. The number of rotatable bonds is 6. The Balaban J connectivity index is 1.84. The molecule has 3 rings (SSSR count). The number of hydrogen-bond donors (Lipinski definition) is 3. The lowest BCUT2D eigenvalue weighted by Gasteiger charge is -2.68. The lowest BCUT2D eigenvalue weighted by atomic mass is 9.36. The fourth-order valence-electron chi connectivity index (χ4n) is 6.04. The molecule has 4 nitrogen and oxygen atoms in total. The van der Waals surface area contributed by atoms with Crippen LogP contribution in [0.15, 0.2) is 23.3 Å². The Hall–Kier alpha value is -1.13. The predicted molar refractivity (Wildman–Crippen MR) is 92.3 cm³/mol. The van der Waals surface area contributed by atoms with Crippen molar-refractivity contribution >= 4 is 5.97 Å². The SMILES string of the molecule is CC(=CCCC1(CO)C2CCC(C)C3CC=C(CO)C1C32)C(=O)O. The molecule has 0 aromatic heterocycles. The minimum absolute atomic E-state index is 0.0841. The fourth-order valence-corrected chi connectivity index (χ4v) is 6.04. The van der Waals surface area contributed by atoms with Gasteiger partial charge in [0.15, 0.2) is 0 Å². The summed E-state index contributed by atoms with van der Waals surface area (Å²) in [4.78, 5) is 11.0. The van der Waals surface area contributed by atoms with Gasteiger partial charge >= 0.3 is 5.97 Å². The van der Waals surface area contributed by atoms with Gasteiger partial charge in [-0.25, -0.2) is 4.79 Å². The van der Waals surface area contributed by atoms with Crippen molar-refractivity contribution in [2.75, 3.05) is 13.2 Å². The van der Waals surface area contributed by atoms with E-state index in [0.29, 0.717) is 29.7 Å². The highest BCUT2D eigenvalue weighted by molar-refractivity contribution is 5.85. The van der Waals surface area contributed by atoms with Crippen molar-refractivity contribution in [1.29, 1.82) is 0 Å². The highest BCUT2D eigenvalue weighted by Gasteiger charge is 2.65. The molecular formula is C20H30O4. The van der Waals surface area contributed by atoms with E-state index in [1.807, 2.05) is 0 Å². The predicted octanol–water partition coefficient (Wildman–Crippen LogP) is 3.01. The summed E-state index contributed by atoms with van der Waals surface area (Å²) in [5.41, 5.74) is 1.30. The number of aliphatic hydroxyl groups is 2. The Morgan fingerprint density at radius 1 is 1.38 bits per heavy atom. The van der Waals surface area contributed by atoms with Crippen LogP contribution in [0.3, 0.4) is 0 Å². The van der Waals surface area contributed by atoms with Gasteiger partial charge < -0.3 is 15.3 Å². The van der Waals surface area contributed by atoms with Crippen LogP contribution in [0.1, 0.15) is 46.0 Å². The second kappa shape index (κ2) is 6.64. The van der Waals surface area contributed by atoms with Gasteiger partial charge in [0.05, 0.1) is 6.61 Å². The highest BCUT2D eigenvalue weighted by atomic mass is 16.4. The molecular weight excluding hydrogens is 304 g/mol. The first kappa shape index (κ1) is 17.7. The zero-order valence-electron chi connectivity index (χ0n) is 14.7. The van der Waals surface area contributed by atoms with Crippen molar-refractivity contribution in [3.05, 3.63) is 23.3 Å². The third kappa shape index (κ3) is 2.55. The van der Waals surface area contributed by atoms with Crippen LogP contribution >= 0.6 is 0 Å². The Kier molecular flexibility index (Phi) is 4.89. The molecule has 0 radical (unpaired) electrons. The summed E-state index contributed by atoms with van der Waals surface area (Å²) in [5.74, 6) is 1.91. The molecule has 0 saturated heterocycles. The molecule has 6 atom stereocenters. The van der Waals surface area contributed by atoms with Crippen molar-refractivity contribution in [1.82, 2.24) is 0 Å². The molecule has 3 N–H and O–H groups in total. The van der Waals surface area contributed by atoms with Crippen LogP contribution in [-0.4, -0.2) is 34.5 Å². The average molecular weight is 334 g/mol. The van der Waals surface area contributed by atoms with E-state index in [2.05, 4.69) is 13.0 Å². The summed E-state index contributed by atoms with van der Waals surface area (Å²) in [6.07, 6.45) is 8.91. The van der Waals surface area contributed by atoms with Crippen LogP contribution in [0.2, 0.25) is 0 Å². The van der Waals surface area contributed by atoms with Crippen molar-refractivity contribution in [2.24, 2.45) is 35.0 Å². The number of aliphatic carboxylic acids is 1. The van der Waals surface area contributed by atoms with Crippen LogP contribution in [0.5, 0.6) is 0 Å². The summed E-state index contributed by atoms with van der Waals surface area (Å²) in [7, 11) is 0. The second-order valence-electron chi connectivity index (χ2n) is 8.18. The molecule has 0 spiro atoms. The summed E-state index contributed by atoms with van der Waals surface area (Å²) < 4.78 is 0. The van der Waals surface area contributed by atoms with E-state index in [1.165, 1.54) is 6.42 Å². The molecule has 0 amide bonds. The Bertz CT molecular complexity index is 564. The van der Waals surface area contributed by atoms with Gasteiger partial charge in [-0.1, -0.05) is 25.5 Å². The smallest absolute Gasteiger partial charge is 0.330 e. The topological polar surface area (TPSA) is 77.8 Å². The van der Waals surface area contributed by atoms with Crippen LogP contribution in [0.4, 0.5) is 0 Å². The van der Waals surface area contributed by atoms with Gasteiger partial charge in [-0.2, -0.15) is 0 Å². The molecule has 0 aromatic rings. The number of aliphatic hydroxyl groups excluding tert-OH is 2. The first-order valence-corrected chi connectivity index (χ1v) is 9.27. The minimum atomic E-state index is -0.875. The van der Waals surface area contributed by atoms with Gasteiger partial charge in [-0.05, 0) is 67.8 Å². The monoisotopic (exact) mass is 334 g/mol. The fraction of sp³-hybridized carbons (Fsp3) is 0.750. The molecule has 0 aromatic carbocycles. The van der Waals surface area contributed by atoms with Crippen molar-refractivity contribution < 1.29 is 20.1 Å². The van der Waals surface area contributed by atoms with Gasteiger partial charge in [-0.15, -0.1) is 0 Å². The maximum Gasteiger partial charge on any atom is 0.330 e. The Labute approximate surface area is 144 Å². The quantitative estimate of drug-likeness (QED) is 0.515. The van der Waals surface area contributed by atoms with Crippen molar-refractivity contribution in [3.8, 4) is 0 Å². The molecule has 0 bridgehead atoms. The van der Waals surface area contributed by atoms with E-state index < -0.39 is 5.97 Å². The largest absolute Gasteiger partial charge is 0.478 e. The minimum Gasteiger partial charge on any atom is -0.478 e. The van der Waals surface area contributed by atoms with E-state index in [9.17, 15) is 15.0 Å². The summed E-state index contributed by atoms with van der Waals surface area (Å²) in [5, 5.41) is 29.1. The maximum absolute atomic E-state index is 11.0. The van der Waals surface area contributed by atoms with Gasteiger partial charge in [0.1, 0.15) is 0 Å². The third-order valence-electron chi connectivity index (χ3n) is 7.29. The zero-order chi connectivity index (χ0) is 17.5. The third-order valence-corrected chi connectivity index (χ3v) is 7.29. The van der Waals surface area contributed by atoms with Gasteiger partial charge in [-0.3, -0.25) is 0 Å². The van der Waals surface area contributed by atoms with Gasteiger partial charge in [0.2, 0.25) is 0 Å². The Morgan fingerprint density at radius 3 is 2.75 bits per heavy atom. The first-order chi connectivity index (χ1) is 11.5. The summed E-state index contributed by atoms with van der Waals surface area (Å²) in [6, 6.07) is 0. The molecule has 3 aliphatic rings. The standard InChI is InChI=1S/C20H30O4/c1-12-5-8-16-17-15(12)7-6-14(10-21)18(17)20(16,11-22)9-3-4-13(2)19(23)24/h4,6,12,15-18,21-22H,3,5,7-11H2,1-2H3,(H,23,24).